The molecule has 0 N–H and O–H groups in total. The van der Waals surface area contributed by atoms with Crippen molar-refractivity contribution < 1.29 is 19.5 Å². The van der Waals surface area contributed by atoms with Gasteiger partial charge in [-0.25, -0.2) is 0 Å². The molecule has 0 aromatic rings. The maximum absolute atomic E-state index is 11.4. The number of carbonyl (C=O) groups excluding carboxylic acids is 3. The Labute approximate surface area is 92.7 Å². The third kappa shape index (κ3) is 1.85. The lowest BCUT2D eigenvalue weighted by atomic mass is 9.85. The zero-order valence-corrected chi connectivity index (χ0v) is 8.72. The van der Waals surface area contributed by atoms with Crippen LogP contribution in [0.5, 0.6) is 0 Å². The van der Waals surface area contributed by atoms with Gasteiger partial charge in [-0.05, 0) is 19.3 Å². The molecular formula is C11H12NO4-. The van der Waals surface area contributed by atoms with Crippen molar-refractivity contribution in [3.8, 4) is 0 Å². The zero-order chi connectivity index (χ0) is 11.7. The van der Waals surface area contributed by atoms with Crippen LogP contribution in [0.15, 0.2) is 12.2 Å². The first-order valence-electron chi connectivity index (χ1n) is 5.35. The maximum Gasteiger partial charge on any atom is 0.253 e. The van der Waals surface area contributed by atoms with Gasteiger partial charge in [0.05, 0.1) is 0 Å². The first-order chi connectivity index (χ1) is 7.59. The average molecular weight is 222 g/mol. The second kappa shape index (κ2) is 4.08. The van der Waals surface area contributed by atoms with Crippen molar-refractivity contribution in [2.24, 2.45) is 5.92 Å². The zero-order valence-electron chi connectivity index (χ0n) is 8.72. The lowest BCUT2D eigenvalue weighted by Gasteiger charge is -2.34. The summed E-state index contributed by atoms with van der Waals surface area (Å²) < 4.78 is 0. The minimum absolute atomic E-state index is 0.286. The fourth-order valence-corrected chi connectivity index (χ4v) is 2.38. The number of hydrogen-bond acceptors (Lipinski definition) is 4. The Hall–Kier alpha value is -1.65. The lowest BCUT2D eigenvalue weighted by Crippen LogP contribution is -2.45. The topological polar surface area (TPSA) is 77.5 Å². The lowest BCUT2D eigenvalue weighted by molar-refractivity contribution is -0.312. The van der Waals surface area contributed by atoms with Gasteiger partial charge in [0.2, 0.25) is 0 Å². The van der Waals surface area contributed by atoms with Crippen LogP contribution in [0.4, 0.5) is 0 Å². The quantitative estimate of drug-likeness (QED) is 0.574. The molecule has 1 saturated carbocycles. The summed E-state index contributed by atoms with van der Waals surface area (Å²) in [5.41, 5.74) is 0. The highest BCUT2D eigenvalue weighted by molar-refractivity contribution is 6.13. The molecule has 1 fully saturated rings. The van der Waals surface area contributed by atoms with Gasteiger partial charge >= 0.3 is 0 Å². The number of rotatable bonds is 2. The molecule has 2 atom stereocenters. The summed E-state index contributed by atoms with van der Waals surface area (Å²) in [5, 5.41) is 10.8. The number of amides is 2. The van der Waals surface area contributed by atoms with E-state index in [-0.39, 0.29) is 17.9 Å². The second-order valence-corrected chi connectivity index (χ2v) is 4.22. The number of nitrogens with zero attached hydrogens (tertiary/aromatic N) is 1. The average Bonchev–Trinajstić information content (AvgIpc) is 2.59. The third-order valence-electron chi connectivity index (χ3n) is 3.19. The van der Waals surface area contributed by atoms with Crippen LogP contribution in [0.3, 0.4) is 0 Å². The molecule has 0 radical (unpaired) electrons. The van der Waals surface area contributed by atoms with Gasteiger partial charge in [-0.2, -0.15) is 0 Å². The molecule has 0 spiro atoms. The maximum atomic E-state index is 11.4. The summed E-state index contributed by atoms with van der Waals surface area (Å²) in [7, 11) is 0. The van der Waals surface area contributed by atoms with Gasteiger partial charge in [-0.15, -0.1) is 0 Å². The highest BCUT2D eigenvalue weighted by atomic mass is 16.4. The summed E-state index contributed by atoms with van der Waals surface area (Å²) in [5.74, 6) is -2.31. The smallest absolute Gasteiger partial charge is 0.253 e. The summed E-state index contributed by atoms with van der Waals surface area (Å²) in [6, 6.07) is -0.286. The Morgan fingerprint density at radius 3 is 2.44 bits per heavy atom. The Bertz CT molecular complexity index is 356. The first-order valence-corrected chi connectivity index (χ1v) is 5.35. The van der Waals surface area contributed by atoms with Gasteiger partial charge in [0.15, 0.2) is 0 Å². The monoisotopic (exact) mass is 222 g/mol. The number of imide groups is 1. The first kappa shape index (κ1) is 10.9. The highest BCUT2D eigenvalue weighted by Crippen LogP contribution is 2.29. The fraction of sp³-hybridized carbons (Fsp3) is 0.545. The molecular weight excluding hydrogens is 210 g/mol. The van der Waals surface area contributed by atoms with E-state index < -0.39 is 11.9 Å². The Balaban J connectivity index is 2.07. The van der Waals surface area contributed by atoms with Gasteiger partial charge in [-0.3, -0.25) is 14.5 Å². The van der Waals surface area contributed by atoms with Crippen LogP contribution >= 0.6 is 0 Å². The molecule has 5 heteroatoms. The molecule has 1 heterocycles. The molecule has 0 saturated heterocycles. The van der Waals surface area contributed by atoms with Gasteiger partial charge in [0.1, 0.15) is 0 Å². The van der Waals surface area contributed by atoms with Crippen LogP contribution in [0.25, 0.3) is 0 Å². The molecule has 1 aliphatic heterocycles. The van der Waals surface area contributed by atoms with Crippen molar-refractivity contribution in [3.05, 3.63) is 12.2 Å². The van der Waals surface area contributed by atoms with Gasteiger partial charge in [-0.1, -0.05) is 6.42 Å². The number of aliphatic carboxylic acids is 1. The van der Waals surface area contributed by atoms with E-state index in [0.717, 1.165) is 4.90 Å². The molecule has 1 aliphatic carbocycles. The van der Waals surface area contributed by atoms with E-state index in [1.165, 1.54) is 12.2 Å². The molecule has 0 aromatic carbocycles. The standard InChI is InChI=1S/C11H13NO4/c13-9-4-5-10(14)12(9)8-3-1-2-7(6-8)11(15)16/h4-5,7-8H,1-3,6H2,(H,15,16)/p-1. The molecule has 2 aliphatic rings. The van der Waals surface area contributed by atoms with Crippen LogP contribution in [-0.2, 0) is 14.4 Å². The van der Waals surface area contributed by atoms with E-state index in [4.69, 9.17) is 0 Å². The molecule has 0 aromatic heterocycles. The largest absolute Gasteiger partial charge is 0.550 e. The van der Waals surface area contributed by atoms with E-state index in [2.05, 4.69) is 0 Å². The molecule has 16 heavy (non-hydrogen) atoms. The molecule has 2 unspecified atom stereocenters. The van der Waals surface area contributed by atoms with E-state index in [9.17, 15) is 19.5 Å². The Kier molecular flexibility index (Phi) is 2.77. The molecule has 2 rings (SSSR count). The van der Waals surface area contributed by atoms with Crippen LogP contribution < -0.4 is 5.11 Å². The normalized spacial score (nSPS) is 29.9. The number of carboxylic acids is 1. The van der Waals surface area contributed by atoms with Crippen molar-refractivity contribution in [2.75, 3.05) is 0 Å². The summed E-state index contributed by atoms with van der Waals surface area (Å²) >= 11 is 0. The molecule has 5 nitrogen and oxygen atoms in total. The Morgan fingerprint density at radius 2 is 1.88 bits per heavy atom. The van der Waals surface area contributed by atoms with E-state index >= 15 is 0 Å². The summed E-state index contributed by atoms with van der Waals surface area (Å²) in [6.07, 6.45) is 4.74. The summed E-state index contributed by atoms with van der Waals surface area (Å²) in [4.78, 5) is 34.8. The fourth-order valence-electron chi connectivity index (χ4n) is 2.38. The van der Waals surface area contributed by atoms with E-state index in [1.54, 1.807) is 0 Å². The van der Waals surface area contributed by atoms with Crippen molar-refractivity contribution in [1.29, 1.82) is 0 Å². The number of carboxylic acid groups (broad SMARTS) is 1. The summed E-state index contributed by atoms with van der Waals surface area (Å²) in [6.45, 7) is 0. The van der Waals surface area contributed by atoms with Gasteiger partial charge in [0, 0.05) is 30.1 Å². The predicted octanol–water partition coefficient (Wildman–Crippen LogP) is -0.780. The van der Waals surface area contributed by atoms with Crippen LogP contribution in [0.1, 0.15) is 25.7 Å². The Morgan fingerprint density at radius 1 is 1.25 bits per heavy atom. The minimum atomic E-state index is -1.09. The van der Waals surface area contributed by atoms with Crippen LogP contribution in [0, 0.1) is 5.92 Å². The molecule has 86 valence electrons. The van der Waals surface area contributed by atoms with E-state index in [0.29, 0.717) is 25.7 Å². The van der Waals surface area contributed by atoms with E-state index in [1.807, 2.05) is 0 Å². The SMILES string of the molecule is O=C([O-])C1CCCC(N2C(=O)C=CC2=O)C1. The van der Waals surface area contributed by atoms with Crippen LogP contribution in [-0.4, -0.2) is 28.7 Å². The second-order valence-electron chi connectivity index (χ2n) is 4.22. The number of hydrogen-bond donors (Lipinski definition) is 0. The third-order valence-corrected chi connectivity index (χ3v) is 3.19. The van der Waals surface area contributed by atoms with Crippen LogP contribution in [0.2, 0.25) is 0 Å². The highest BCUT2D eigenvalue weighted by Gasteiger charge is 2.34. The molecule has 2 amide bonds. The predicted molar refractivity (Wildman–Crippen MR) is 51.7 cm³/mol. The minimum Gasteiger partial charge on any atom is -0.550 e. The molecule has 0 bridgehead atoms. The van der Waals surface area contributed by atoms with Crippen molar-refractivity contribution >= 4 is 17.8 Å². The van der Waals surface area contributed by atoms with Crippen molar-refractivity contribution in [2.45, 2.75) is 31.7 Å². The van der Waals surface area contributed by atoms with Gasteiger partial charge in [0.25, 0.3) is 11.8 Å². The van der Waals surface area contributed by atoms with Crippen molar-refractivity contribution in [1.82, 2.24) is 4.90 Å². The number of carbonyl (C=O) groups is 3. The van der Waals surface area contributed by atoms with Crippen molar-refractivity contribution in [3.63, 3.8) is 0 Å². The van der Waals surface area contributed by atoms with Gasteiger partial charge < -0.3 is 9.90 Å².